The Morgan fingerprint density at radius 2 is 1.95 bits per heavy atom. The van der Waals surface area contributed by atoms with Gasteiger partial charge in [-0.15, -0.1) is 0 Å². The van der Waals surface area contributed by atoms with E-state index in [2.05, 4.69) is 5.32 Å². The second-order valence-corrected chi connectivity index (χ2v) is 5.72. The minimum atomic E-state index is -0.949. The number of rotatable bonds is 5. The number of carbonyl (C=O) groups is 1. The van der Waals surface area contributed by atoms with Crippen LogP contribution in [0, 0.1) is 5.92 Å². The van der Waals surface area contributed by atoms with Crippen LogP contribution in [0.1, 0.15) is 31.3 Å². The van der Waals surface area contributed by atoms with Gasteiger partial charge in [-0.1, -0.05) is 44.2 Å². The quantitative estimate of drug-likeness (QED) is 0.888. The third-order valence-corrected chi connectivity index (χ3v) is 3.81. The Hall–Kier alpha value is -2.07. The average molecular weight is 287 g/mol. The number of furan rings is 1. The molecule has 0 fully saturated rings. The van der Waals surface area contributed by atoms with Gasteiger partial charge in [0.2, 0.25) is 0 Å². The van der Waals surface area contributed by atoms with E-state index in [1.807, 2.05) is 44.2 Å². The molecule has 2 aromatic rings. The van der Waals surface area contributed by atoms with Gasteiger partial charge >= 0.3 is 0 Å². The van der Waals surface area contributed by atoms with Crippen LogP contribution in [0.2, 0.25) is 0 Å². The Bertz CT molecular complexity index is 600. The van der Waals surface area contributed by atoms with Crippen LogP contribution in [-0.2, 0) is 0 Å². The summed E-state index contributed by atoms with van der Waals surface area (Å²) < 4.78 is 5.31. The second kappa shape index (κ2) is 6.14. The largest absolute Gasteiger partial charge is 0.459 e. The molecule has 0 spiro atoms. The van der Waals surface area contributed by atoms with E-state index in [9.17, 15) is 9.90 Å². The van der Waals surface area contributed by atoms with Crippen LogP contribution in [-0.4, -0.2) is 23.2 Å². The first-order valence-corrected chi connectivity index (χ1v) is 7.05. The first kappa shape index (κ1) is 15.3. The van der Waals surface area contributed by atoms with E-state index in [1.54, 1.807) is 13.0 Å². The molecule has 1 atom stereocenters. The number of hydrogen-bond donors (Lipinski definition) is 2. The molecule has 1 aromatic carbocycles. The van der Waals surface area contributed by atoms with Crippen molar-refractivity contribution in [3.05, 3.63) is 48.4 Å². The zero-order valence-corrected chi connectivity index (χ0v) is 12.6. The van der Waals surface area contributed by atoms with E-state index < -0.39 is 5.60 Å². The van der Waals surface area contributed by atoms with E-state index in [1.165, 1.54) is 6.26 Å². The smallest absolute Gasteiger partial charge is 0.287 e. The van der Waals surface area contributed by atoms with Gasteiger partial charge in [-0.05, 0) is 24.5 Å². The summed E-state index contributed by atoms with van der Waals surface area (Å²) >= 11 is 0. The molecule has 1 amide bonds. The van der Waals surface area contributed by atoms with E-state index in [-0.39, 0.29) is 24.1 Å². The lowest BCUT2D eigenvalue weighted by Gasteiger charge is -2.27. The summed E-state index contributed by atoms with van der Waals surface area (Å²) in [6.45, 7) is 5.71. The van der Waals surface area contributed by atoms with Crippen LogP contribution in [0.3, 0.4) is 0 Å². The van der Waals surface area contributed by atoms with Gasteiger partial charge in [0.25, 0.3) is 5.91 Å². The molecule has 4 heteroatoms. The van der Waals surface area contributed by atoms with Crippen LogP contribution in [0.5, 0.6) is 0 Å². The highest BCUT2D eigenvalue weighted by Crippen LogP contribution is 2.24. The molecule has 0 aliphatic rings. The molecule has 112 valence electrons. The van der Waals surface area contributed by atoms with E-state index in [4.69, 9.17) is 4.42 Å². The maximum atomic E-state index is 12.3. The first-order valence-electron chi connectivity index (χ1n) is 7.05. The molecule has 0 aliphatic heterocycles. The number of aliphatic hydroxyl groups is 1. The van der Waals surface area contributed by atoms with Gasteiger partial charge in [-0.25, -0.2) is 0 Å². The fourth-order valence-electron chi connectivity index (χ4n) is 1.87. The van der Waals surface area contributed by atoms with Crippen molar-refractivity contribution >= 4 is 5.91 Å². The van der Waals surface area contributed by atoms with Crippen LogP contribution < -0.4 is 5.32 Å². The molecule has 21 heavy (non-hydrogen) atoms. The Labute approximate surface area is 124 Å². The molecule has 2 N–H and O–H groups in total. The van der Waals surface area contributed by atoms with Gasteiger partial charge in [0.05, 0.1) is 11.9 Å². The number of hydrogen-bond acceptors (Lipinski definition) is 3. The Morgan fingerprint density at radius 1 is 1.29 bits per heavy atom. The summed E-state index contributed by atoms with van der Waals surface area (Å²) in [5, 5.41) is 12.9. The lowest BCUT2D eigenvalue weighted by molar-refractivity contribution is 0.0139. The Balaban J connectivity index is 2.13. The van der Waals surface area contributed by atoms with Crippen molar-refractivity contribution in [1.82, 2.24) is 5.32 Å². The van der Waals surface area contributed by atoms with Crippen molar-refractivity contribution in [3.8, 4) is 11.1 Å². The fraction of sp³-hybridized carbons (Fsp3) is 0.353. The van der Waals surface area contributed by atoms with Crippen LogP contribution in [0.25, 0.3) is 11.1 Å². The zero-order chi connectivity index (χ0) is 15.5. The molecule has 4 nitrogen and oxygen atoms in total. The van der Waals surface area contributed by atoms with Crippen LogP contribution in [0.15, 0.2) is 47.1 Å². The van der Waals surface area contributed by atoms with Gasteiger partial charge in [0.15, 0.2) is 5.76 Å². The lowest BCUT2D eigenvalue weighted by atomic mass is 9.92. The molecule has 1 unspecified atom stereocenters. The SMILES string of the molecule is CC(C)C(C)(O)CNC(=O)c1occc1-c1ccccc1. The number of carbonyl (C=O) groups excluding carboxylic acids is 1. The topological polar surface area (TPSA) is 62.5 Å². The zero-order valence-electron chi connectivity index (χ0n) is 12.6. The maximum Gasteiger partial charge on any atom is 0.287 e. The fourth-order valence-corrected chi connectivity index (χ4v) is 1.87. The average Bonchev–Trinajstić information content (AvgIpc) is 2.95. The Morgan fingerprint density at radius 3 is 2.57 bits per heavy atom. The molecule has 1 aromatic heterocycles. The normalized spacial score (nSPS) is 14.0. The summed E-state index contributed by atoms with van der Waals surface area (Å²) in [7, 11) is 0. The van der Waals surface area contributed by atoms with Crippen LogP contribution >= 0.6 is 0 Å². The third-order valence-electron chi connectivity index (χ3n) is 3.81. The van der Waals surface area contributed by atoms with Crippen LogP contribution in [0.4, 0.5) is 0 Å². The highest BCUT2D eigenvalue weighted by molar-refractivity contribution is 5.98. The lowest BCUT2D eigenvalue weighted by Crippen LogP contribution is -2.44. The van der Waals surface area contributed by atoms with Crippen molar-refractivity contribution in [2.45, 2.75) is 26.4 Å². The highest BCUT2D eigenvalue weighted by atomic mass is 16.3. The summed E-state index contributed by atoms with van der Waals surface area (Å²) in [6, 6.07) is 11.4. The van der Waals surface area contributed by atoms with Gasteiger partial charge in [0, 0.05) is 12.1 Å². The first-order chi connectivity index (χ1) is 9.92. The maximum absolute atomic E-state index is 12.3. The Kier molecular flexibility index (Phi) is 4.48. The molecule has 0 radical (unpaired) electrons. The van der Waals surface area contributed by atoms with Crippen molar-refractivity contribution in [1.29, 1.82) is 0 Å². The number of benzene rings is 1. The summed E-state index contributed by atoms with van der Waals surface area (Å²) in [6.07, 6.45) is 1.50. The van der Waals surface area contributed by atoms with E-state index in [0.717, 1.165) is 11.1 Å². The second-order valence-electron chi connectivity index (χ2n) is 5.72. The van der Waals surface area contributed by atoms with E-state index in [0.29, 0.717) is 0 Å². The number of amides is 1. The monoisotopic (exact) mass is 287 g/mol. The van der Waals surface area contributed by atoms with Crippen molar-refractivity contribution in [2.24, 2.45) is 5.92 Å². The third kappa shape index (κ3) is 3.52. The molecular weight excluding hydrogens is 266 g/mol. The molecule has 0 saturated carbocycles. The summed E-state index contributed by atoms with van der Waals surface area (Å²) in [5.74, 6) is -0.0106. The van der Waals surface area contributed by atoms with Gasteiger partial charge in [0.1, 0.15) is 0 Å². The molecule has 0 saturated heterocycles. The predicted octanol–water partition coefficient (Wildman–Crippen LogP) is 3.08. The number of nitrogens with one attached hydrogen (secondary N) is 1. The summed E-state index contributed by atoms with van der Waals surface area (Å²) in [4.78, 5) is 12.3. The standard InChI is InChI=1S/C17H21NO3/c1-12(2)17(3,20)11-18-16(19)15-14(9-10-21-15)13-7-5-4-6-8-13/h4-10,12,20H,11H2,1-3H3,(H,18,19). The van der Waals surface area contributed by atoms with Gasteiger partial charge in [-0.2, -0.15) is 0 Å². The van der Waals surface area contributed by atoms with Crippen molar-refractivity contribution < 1.29 is 14.3 Å². The molecule has 0 bridgehead atoms. The molecule has 0 aliphatic carbocycles. The van der Waals surface area contributed by atoms with Crippen molar-refractivity contribution in [2.75, 3.05) is 6.54 Å². The summed E-state index contributed by atoms with van der Waals surface area (Å²) in [5.41, 5.74) is 0.721. The highest BCUT2D eigenvalue weighted by Gasteiger charge is 2.26. The van der Waals surface area contributed by atoms with Gasteiger partial charge in [-0.3, -0.25) is 4.79 Å². The minimum Gasteiger partial charge on any atom is -0.459 e. The molecular formula is C17H21NO3. The van der Waals surface area contributed by atoms with Crippen molar-refractivity contribution in [3.63, 3.8) is 0 Å². The minimum absolute atomic E-state index is 0.0444. The van der Waals surface area contributed by atoms with E-state index >= 15 is 0 Å². The molecule has 2 rings (SSSR count). The molecule has 1 heterocycles. The van der Waals surface area contributed by atoms with Gasteiger partial charge < -0.3 is 14.8 Å². The predicted molar refractivity (Wildman–Crippen MR) is 81.9 cm³/mol.